The minimum atomic E-state index is 0.720. The van der Waals surface area contributed by atoms with Gasteiger partial charge in [0.15, 0.2) is 0 Å². The third kappa shape index (κ3) is 2.73. The molecule has 0 N–H and O–H groups in total. The van der Waals surface area contributed by atoms with E-state index >= 15 is 0 Å². The average Bonchev–Trinajstić information content (AvgIpc) is 2.98. The van der Waals surface area contributed by atoms with Gasteiger partial charge in [0.2, 0.25) is 0 Å². The first-order valence-corrected chi connectivity index (χ1v) is 8.94. The lowest BCUT2D eigenvalue weighted by Crippen LogP contribution is -2.09. The zero-order valence-corrected chi connectivity index (χ0v) is 14.2. The molecule has 0 bridgehead atoms. The molecule has 5 heteroatoms. The van der Waals surface area contributed by atoms with Crippen molar-refractivity contribution in [1.29, 1.82) is 5.26 Å². The number of hydrogen-bond donors (Lipinski definition) is 0. The van der Waals surface area contributed by atoms with Gasteiger partial charge in [0, 0.05) is 16.0 Å². The summed E-state index contributed by atoms with van der Waals surface area (Å²) in [6, 6.07) is 6.39. The second-order valence-electron chi connectivity index (χ2n) is 5.04. The van der Waals surface area contributed by atoms with Crippen LogP contribution in [0.2, 0.25) is 0 Å². The second kappa shape index (κ2) is 5.80. The molecule has 0 radical (unpaired) electrons. The topological polar surface area (TPSA) is 36.1 Å². The zero-order valence-electron chi connectivity index (χ0n) is 11.0. The third-order valence-electron chi connectivity index (χ3n) is 3.51. The number of hydrogen-bond acceptors (Lipinski definition) is 4. The van der Waals surface area contributed by atoms with Crippen LogP contribution in [0.4, 0.5) is 5.00 Å². The molecule has 102 valence electrons. The first kappa shape index (κ1) is 14.0. The van der Waals surface area contributed by atoms with Gasteiger partial charge in [-0.05, 0) is 58.8 Å². The fourth-order valence-electron chi connectivity index (χ4n) is 2.46. The molecule has 0 saturated heterocycles. The van der Waals surface area contributed by atoms with Gasteiger partial charge < -0.3 is 0 Å². The summed E-state index contributed by atoms with van der Waals surface area (Å²) >= 11 is 6.78. The van der Waals surface area contributed by atoms with Gasteiger partial charge in [0.05, 0.1) is 9.35 Å². The molecule has 2 aromatic heterocycles. The van der Waals surface area contributed by atoms with E-state index in [1.807, 2.05) is 18.3 Å². The molecule has 0 fully saturated rings. The van der Waals surface area contributed by atoms with Gasteiger partial charge in [0.25, 0.3) is 0 Å². The summed E-state index contributed by atoms with van der Waals surface area (Å²) in [5, 5.41) is 10.3. The third-order valence-corrected chi connectivity index (χ3v) is 6.23. The fourth-order valence-corrected chi connectivity index (χ4v) is 5.06. The summed E-state index contributed by atoms with van der Waals surface area (Å²) in [6.45, 7) is 2.28. The number of aliphatic imine (C=N–C) groups is 1. The molecule has 3 rings (SSSR count). The molecule has 1 aliphatic carbocycles. The van der Waals surface area contributed by atoms with Crippen molar-refractivity contribution < 1.29 is 0 Å². The highest BCUT2D eigenvalue weighted by atomic mass is 79.9. The molecular formula is C15H13BrN2S2. The van der Waals surface area contributed by atoms with Gasteiger partial charge in [-0.15, -0.1) is 22.7 Å². The quantitative estimate of drug-likeness (QED) is 0.664. The van der Waals surface area contributed by atoms with Crippen molar-refractivity contribution in [3.63, 3.8) is 0 Å². The number of nitrogens with zero attached hydrogens (tertiary/aromatic N) is 2. The number of fused-ring (bicyclic) bond motifs is 1. The van der Waals surface area contributed by atoms with Crippen LogP contribution in [0.25, 0.3) is 0 Å². The molecule has 0 unspecified atom stereocenters. The van der Waals surface area contributed by atoms with Crippen LogP contribution in [0.5, 0.6) is 0 Å². The van der Waals surface area contributed by atoms with Crippen LogP contribution < -0.4 is 0 Å². The summed E-state index contributed by atoms with van der Waals surface area (Å²) in [6.07, 6.45) is 5.15. The molecule has 0 saturated carbocycles. The molecule has 0 spiro atoms. The van der Waals surface area contributed by atoms with Crippen molar-refractivity contribution in [2.24, 2.45) is 10.9 Å². The Kier molecular flexibility index (Phi) is 4.06. The molecular weight excluding hydrogens is 352 g/mol. The van der Waals surface area contributed by atoms with E-state index in [9.17, 15) is 5.26 Å². The van der Waals surface area contributed by atoms with E-state index in [4.69, 9.17) is 0 Å². The summed E-state index contributed by atoms with van der Waals surface area (Å²) in [5.74, 6) is 0.720. The maximum atomic E-state index is 9.41. The fraction of sp³-hybridized carbons (Fsp3) is 0.333. The monoisotopic (exact) mass is 364 g/mol. The maximum Gasteiger partial charge on any atom is 0.134 e. The van der Waals surface area contributed by atoms with E-state index in [1.165, 1.54) is 16.9 Å². The minimum Gasteiger partial charge on any atom is -0.243 e. The molecule has 0 aliphatic heterocycles. The van der Waals surface area contributed by atoms with E-state index in [-0.39, 0.29) is 0 Å². The maximum absolute atomic E-state index is 9.41. The van der Waals surface area contributed by atoms with Crippen molar-refractivity contribution in [3.05, 3.63) is 36.8 Å². The Balaban J connectivity index is 1.94. The van der Waals surface area contributed by atoms with Crippen LogP contribution in [0.1, 0.15) is 34.2 Å². The Morgan fingerprint density at radius 3 is 3.00 bits per heavy atom. The smallest absolute Gasteiger partial charge is 0.134 e. The van der Waals surface area contributed by atoms with Gasteiger partial charge in [-0.2, -0.15) is 5.26 Å². The van der Waals surface area contributed by atoms with Gasteiger partial charge in [0.1, 0.15) is 11.1 Å². The number of halogens is 1. The molecule has 1 atom stereocenters. The Bertz CT molecular complexity index is 706. The summed E-state index contributed by atoms with van der Waals surface area (Å²) in [7, 11) is 0. The number of rotatable bonds is 2. The molecule has 2 heterocycles. The molecule has 0 amide bonds. The van der Waals surface area contributed by atoms with Crippen LogP contribution >= 0.6 is 38.6 Å². The SMILES string of the molecule is C[C@H]1CCc2c(sc(N=Cc3ccc(Br)s3)c2C#N)C1. The summed E-state index contributed by atoms with van der Waals surface area (Å²) in [4.78, 5) is 7.01. The predicted octanol–water partition coefficient (Wildman–Crippen LogP) is 5.32. The van der Waals surface area contributed by atoms with Crippen LogP contribution in [0, 0.1) is 17.2 Å². The summed E-state index contributed by atoms with van der Waals surface area (Å²) in [5.41, 5.74) is 2.04. The first-order valence-electron chi connectivity index (χ1n) is 6.51. The van der Waals surface area contributed by atoms with Gasteiger partial charge >= 0.3 is 0 Å². The van der Waals surface area contributed by atoms with Crippen molar-refractivity contribution in [1.82, 2.24) is 0 Å². The van der Waals surface area contributed by atoms with Crippen molar-refractivity contribution in [2.75, 3.05) is 0 Å². The highest BCUT2D eigenvalue weighted by Crippen LogP contribution is 2.40. The second-order valence-corrected chi connectivity index (χ2v) is 8.62. The van der Waals surface area contributed by atoms with Crippen LogP contribution in [-0.2, 0) is 12.8 Å². The van der Waals surface area contributed by atoms with E-state index < -0.39 is 0 Å². The van der Waals surface area contributed by atoms with E-state index in [1.54, 1.807) is 22.7 Å². The molecule has 20 heavy (non-hydrogen) atoms. The largest absolute Gasteiger partial charge is 0.243 e. The highest BCUT2D eigenvalue weighted by Gasteiger charge is 2.23. The van der Waals surface area contributed by atoms with Gasteiger partial charge in [-0.1, -0.05) is 6.92 Å². The van der Waals surface area contributed by atoms with Crippen LogP contribution in [0.15, 0.2) is 20.9 Å². The predicted molar refractivity (Wildman–Crippen MR) is 89.5 cm³/mol. The number of thiophene rings is 2. The van der Waals surface area contributed by atoms with E-state index in [2.05, 4.69) is 33.9 Å². The molecule has 2 nitrogen and oxygen atoms in total. The van der Waals surface area contributed by atoms with Crippen LogP contribution in [-0.4, -0.2) is 6.21 Å². The van der Waals surface area contributed by atoms with Crippen molar-refractivity contribution in [3.8, 4) is 6.07 Å². The molecule has 2 aromatic rings. The standard InChI is InChI=1S/C15H13BrN2S2/c1-9-2-4-11-12(7-17)15(20-13(11)6-9)18-8-10-3-5-14(16)19-10/h3,5,8-9H,2,4,6H2,1H3/t9-/m0/s1. The Morgan fingerprint density at radius 1 is 1.45 bits per heavy atom. The Morgan fingerprint density at radius 2 is 2.30 bits per heavy atom. The van der Waals surface area contributed by atoms with Gasteiger partial charge in [-0.25, -0.2) is 4.99 Å². The number of nitriles is 1. The zero-order chi connectivity index (χ0) is 14.1. The first-order chi connectivity index (χ1) is 9.67. The summed E-state index contributed by atoms with van der Waals surface area (Å²) < 4.78 is 1.10. The van der Waals surface area contributed by atoms with E-state index in [0.29, 0.717) is 0 Å². The van der Waals surface area contributed by atoms with Crippen molar-refractivity contribution >= 4 is 49.8 Å². The van der Waals surface area contributed by atoms with E-state index in [0.717, 1.165) is 38.0 Å². The highest BCUT2D eigenvalue weighted by molar-refractivity contribution is 9.11. The average molecular weight is 365 g/mol. The lowest BCUT2D eigenvalue weighted by molar-refractivity contribution is 0.507. The lowest BCUT2D eigenvalue weighted by Gasteiger charge is -2.17. The molecule has 1 aliphatic rings. The normalized spacial score (nSPS) is 18.1. The van der Waals surface area contributed by atoms with Crippen molar-refractivity contribution in [2.45, 2.75) is 26.2 Å². The molecule has 0 aromatic carbocycles. The Labute approximate surface area is 134 Å². The van der Waals surface area contributed by atoms with Gasteiger partial charge in [-0.3, -0.25) is 0 Å². The lowest BCUT2D eigenvalue weighted by atomic mass is 9.89. The van der Waals surface area contributed by atoms with Crippen LogP contribution in [0.3, 0.4) is 0 Å². The Hall–Kier alpha value is -0.960. The minimum absolute atomic E-state index is 0.720.